The Morgan fingerprint density at radius 1 is 0.733 bits per heavy atom. The first-order valence-corrected chi connectivity index (χ1v) is 10.7. The maximum atomic E-state index is 4.72. The zero-order valence-corrected chi connectivity index (χ0v) is 17.1. The van der Waals surface area contributed by atoms with Crippen LogP contribution >= 0.6 is 11.3 Å². The first-order valence-electron chi connectivity index (χ1n) is 9.86. The van der Waals surface area contributed by atoms with Gasteiger partial charge in [-0.25, -0.2) is 9.97 Å². The van der Waals surface area contributed by atoms with E-state index in [1.165, 1.54) is 31.3 Å². The summed E-state index contributed by atoms with van der Waals surface area (Å²) in [4.78, 5) is 13.8. The molecule has 6 rings (SSSR count). The normalized spacial score (nSPS) is 11.5. The predicted molar refractivity (Wildman–Crippen MR) is 126 cm³/mol. The van der Waals surface area contributed by atoms with Gasteiger partial charge in [-0.15, -0.1) is 11.3 Å². The second kappa shape index (κ2) is 6.71. The van der Waals surface area contributed by atoms with Gasteiger partial charge >= 0.3 is 0 Å². The Labute approximate surface area is 177 Å². The summed E-state index contributed by atoms with van der Waals surface area (Å²) in [6.07, 6.45) is 3.48. The SMILES string of the molecule is Cc1cc(-c2ncnc3cc(-c4ccccn4)ccc23)c2sc3ccccc3c2c1. The molecule has 0 fully saturated rings. The molecule has 30 heavy (non-hydrogen) atoms. The van der Waals surface area contributed by atoms with Gasteiger partial charge in [0.15, 0.2) is 0 Å². The zero-order valence-electron chi connectivity index (χ0n) is 16.3. The fourth-order valence-corrected chi connectivity index (χ4v) is 5.31. The zero-order chi connectivity index (χ0) is 20.1. The molecule has 0 aliphatic heterocycles. The van der Waals surface area contributed by atoms with Crippen molar-refractivity contribution in [2.24, 2.45) is 0 Å². The van der Waals surface area contributed by atoms with Crippen molar-refractivity contribution in [1.82, 2.24) is 15.0 Å². The Morgan fingerprint density at radius 3 is 2.53 bits per heavy atom. The maximum Gasteiger partial charge on any atom is 0.116 e. The minimum absolute atomic E-state index is 0.930. The Hall–Kier alpha value is -3.63. The van der Waals surface area contributed by atoms with Crippen LogP contribution in [0.1, 0.15) is 5.56 Å². The van der Waals surface area contributed by atoms with Gasteiger partial charge < -0.3 is 0 Å². The second-order valence-corrected chi connectivity index (χ2v) is 8.51. The summed E-state index contributed by atoms with van der Waals surface area (Å²) < 4.78 is 2.57. The van der Waals surface area contributed by atoms with E-state index in [0.717, 1.165) is 27.9 Å². The molecule has 0 aliphatic rings. The molecule has 4 heteroatoms. The Kier molecular flexibility index (Phi) is 3.86. The second-order valence-electron chi connectivity index (χ2n) is 7.46. The number of benzene rings is 3. The van der Waals surface area contributed by atoms with Crippen LogP contribution in [0.3, 0.4) is 0 Å². The number of aromatic nitrogens is 3. The summed E-state index contributed by atoms with van der Waals surface area (Å²) in [5, 5.41) is 3.65. The predicted octanol–water partition coefficient (Wildman–Crippen LogP) is 7.04. The monoisotopic (exact) mass is 403 g/mol. The summed E-state index contributed by atoms with van der Waals surface area (Å²) in [6.45, 7) is 2.15. The van der Waals surface area contributed by atoms with Crippen molar-refractivity contribution in [1.29, 1.82) is 0 Å². The minimum atomic E-state index is 0.930. The third-order valence-electron chi connectivity index (χ3n) is 5.47. The topological polar surface area (TPSA) is 38.7 Å². The number of hydrogen-bond donors (Lipinski definition) is 0. The first kappa shape index (κ1) is 17.2. The van der Waals surface area contributed by atoms with Crippen LogP contribution < -0.4 is 0 Å². The highest BCUT2D eigenvalue weighted by atomic mass is 32.1. The van der Waals surface area contributed by atoms with E-state index in [4.69, 9.17) is 4.98 Å². The van der Waals surface area contributed by atoms with Crippen LogP contribution in [0.2, 0.25) is 0 Å². The molecule has 0 spiro atoms. The van der Waals surface area contributed by atoms with Crippen molar-refractivity contribution in [2.75, 3.05) is 0 Å². The van der Waals surface area contributed by atoms with E-state index in [1.807, 2.05) is 35.7 Å². The van der Waals surface area contributed by atoms with Gasteiger partial charge in [-0.2, -0.15) is 0 Å². The lowest BCUT2D eigenvalue weighted by Gasteiger charge is -2.09. The molecular weight excluding hydrogens is 386 g/mol. The fraction of sp³-hybridized carbons (Fsp3) is 0.0385. The van der Waals surface area contributed by atoms with Gasteiger partial charge in [-0.3, -0.25) is 4.98 Å². The number of fused-ring (bicyclic) bond motifs is 4. The van der Waals surface area contributed by atoms with E-state index in [0.29, 0.717) is 0 Å². The smallest absolute Gasteiger partial charge is 0.116 e. The van der Waals surface area contributed by atoms with Gasteiger partial charge in [0.25, 0.3) is 0 Å². The van der Waals surface area contributed by atoms with Crippen molar-refractivity contribution in [3.63, 3.8) is 0 Å². The number of pyridine rings is 1. The molecule has 0 radical (unpaired) electrons. The summed E-state index contributed by atoms with van der Waals surface area (Å²) in [5.41, 5.74) is 6.32. The summed E-state index contributed by atoms with van der Waals surface area (Å²) in [7, 11) is 0. The first-order chi connectivity index (χ1) is 14.8. The average molecular weight is 404 g/mol. The Balaban J connectivity index is 1.62. The van der Waals surface area contributed by atoms with Crippen LogP contribution in [-0.2, 0) is 0 Å². The number of rotatable bonds is 2. The molecule has 0 aliphatic carbocycles. The summed E-state index contributed by atoms with van der Waals surface area (Å²) >= 11 is 1.83. The number of hydrogen-bond acceptors (Lipinski definition) is 4. The van der Waals surface area contributed by atoms with Gasteiger partial charge in [-0.05, 0) is 55.0 Å². The molecule has 0 amide bonds. The van der Waals surface area contributed by atoms with Crippen LogP contribution in [0.25, 0.3) is 53.6 Å². The molecule has 0 saturated heterocycles. The molecule has 0 bridgehead atoms. The molecule has 142 valence electrons. The van der Waals surface area contributed by atoms with Crippen LogP contribution in [0.15, 0.2) is 85.3 Å². The molecule has 3 heterocycles. The van der Waals surface area contributed by atoms with E-state index < -0.39 is 0 Å². The summed E-state index contributed by atoms with van der Waals surface area (Å²) in [5.74, 6) is 0. The third-order valence-corrected chi connectivity index (χ3v) is 6.69. The van der Waals surface area contributed by atoms with Crippen molar-refractivity contribution >= 4 is 42.4 Å². The maximum absolute atomic E-state index is 4.72. The number of thiophene rings is 1. The van der Waals surface area contributed by atoms with Crippen molar-refractivity contribution in [3.05, 3.63) is 90.9 Å². The van der Waals surface area contributed by atoms with Crippen molar-refractivity contribution < 1.29 is 0 Å². The molecule has 3 nitrogen and oxygen atoms in total. The molecule has 0 unspecified atom stereocenters. The molecule has 3 aromatic heterocycles. The quantitative estimate of drug-likeness (QED) is 0.311. The third kappa shape index (κ3) is 2.69. The van der Waals surface area contributed by atoms with E-state index in [2.05, 4.69) is 71.5 Å². The highest BCUT2D eigenvalue weighted by Gasteiger charge is 2.15. The van der Waals surface area contributed by atoms with Gasteiger partial charge in [-0.1, -0.05) is 30.3 Å². The fourth-order valence-electron chi connectivity index (χ4n) is 4.11. The van der Waals surface area contributed by atoms with Gasteiger partial charge in [0.1, 0.15) is 6.33 Å². The standard InChI is InChI=1S/C26H17N3S/c1-16-12-20-18-6-2-3-8-24(18)30-26(20)21(13-16)25-19-10-9-17(14-23(19)28-15-29-25)22-7-4-5-11-27-22/h2-15H,1H3. The molecule has 0 N–H and O–H groups in total. The molecule has 0 atom stereocenters. The van der Waals surface area contributed by atoms with Crippen LogP contribution in [0.4, 0.5) is 0 Å². The lowest BCUT2D eigenvalue weighted by Crippen LogP contribution is -1.91. The van der Waals surface area contributed by atoms with E-state index >= 15 is 0 Å². The van der Waals surface area contributed by atoms with Gasteiger partial charge in [0.2, 0.25) is 0 Å². The van der Waals surface area contributed by atoms with Gasteiger partial charge in [0.05, 0.1) is 16.9 Å². The van der Waals surface area contributed by atoms with Gasteiger partial charge in [0, 0.05) is 42.9 Å². The van der Waals surface area contributed by atoms with E-state index in [9.17, 15) is 0 Å². The minimum Gasteiger partial charge on any atom is -0.256 e. The molecular formula is C26H17N3S. The van der Waals surface area contributed by atoms with Crippen LogP contribution in [0.5, 0.6) is 0 Å². The largest absolute Gasteiger partial charge is 0.256 e. The molecule has 3 aromatic carbocycles. The van der Waals surface area contributed by atoms with Crippen molar-refractivity contribution in [2.45, 2.75) is 6.92 Å². The molecule has 6 aromatic rings. The Bertz CT molecular complexity index is 1550. The van der Waals surface area contributed by atoms with E-state index in [1.54, 1.807) is 6.33 Å². The van der Waals surface area contributed by atoms with Crippen LogP contribution in [0, 0.1) is 6.92 Å². The average Bonchev–Trinajstić information content (AvgIpc) is 3.17. The van der Waals surface area contributed by atoms with Crippen molar-refractivity contribution in [3.8, 4) is 22.5 Å². The Morgan fingerprint density at radius 2 is 1.63 bits per heavy atom. The number of aryl methyl sites for hydroxylation is 1. The lowest BCUT2D eigenvalue weighted by atomic mass is 10.00. The van der Waals surface area contributed by atoms with Crippen LogP contribution in [-0.4, -0.2) is 15.0 Å². The molecule has 0 saturated carbocycles. The van der Waals surface area contributed by atoms with E-state index in [-0.39, 0.29) is 0 Å². The highest BCUT2D eigenvalue weighted by Crippen LogP contribution is 2.41. The lowest BCUT2D eigenvalue weighted by molar-refractivity contribution is 1.22. The number of nitrogens with zero attached hydrogens (tertiary/aromatic N) is 3. The highest BCUT2D eigenvalue weighted by molar-refractivity contribution is 7.26. The summed E-state index contributed by atoms with van der Waals surface area (Å²) in [6, 6.07) is 25.4.